The largest absolute Gasteiger partial charge is 0.822 e. The number of benzene rings is 3. The smallest absolute Gasteiger partial charge is 0.274 e. The lowest BCUT2D eigenvalue weighted by atomic mass is 10.2. The number of para-hydroxylation sites is 1. The van der Waals surface area contributed by atoms with E-state index in [1.165, 1.54) is 11.3 Å². The Hall–Kier alpha value is -2.62. The molecule has 4 aromatic rings. The van der Waals surface area contributed by atoms with Crippen molar-refractivity contribution in [1.82, 2.24) is 0 Å². The summed E-state index contributed by atoms with van der Waals surface area (Å²) in [5, 5.41) is 14.7. The third-order valence-corrected chi connectivity index (χ3v) is 5.49. The van der Waals surface area contributed by atoms with E-state index in [9.17, 15) is 5.11 Å². The predicted octanol–water partition coefficient (Wildman–Crippen LogP) is 5.09. The Balaban J connectivity index is 2.01. The van der Waals surface area contributed by atoms with Crippen molar-refractivity contribution < 1.29 is 9.67 Å². The SMILES string of the molecule is [O-]c1c(-c2ccccc2Cl)sc(-c2ccccc2)[n+]1-c1ccccc1. The van der Waals surface area contributed by atoms with Gasteiger partial charge in [-0.15, -0.1) is 0 Å². The zero-order valence-corrected chi connectivity index (χ0v) is 14.8. The summed E-state index contributed by atoms with van der Waals surface area (Å²) in [6, 6.07) is 27.1. The van der Waals surface area contributed by atoms with Crippen molar-refractivity contribution in [1.29, 1.82) is 0 Å². The molecule has 0 atom stereocenters. The molecule has 4 rings (SSSR count). The molecule has 0 aliphatic rings. The van der Waals surface area contributed by atoms with Crippen molar-refractivity contribution in [3.63, 3.8) is 0 Å². The quantitative estimate of drug-likeness (QED) is 0.466. The molecule has 0 amide bonds. The molecule has 0 saturated carbocycles. The van der Waals surface area contributed by atoms with Crippen molar-refractivity contribution in [2.45, 2.75) is 0 Å². The lowest BCUT2D eigenvalue weighted by molar-refractivity contribution is -0.636. The summed E-state index contributed by atoms with van der Waals surface area (Å²) in [4.78, 5) is 0.647. The second kappa shape index (κ2) is 6.71. The minimum absolute atomic E-state index is 0.0526. The van der Waals surface area contributed by atoms with Crippen molar-refractivity contribution in [3.8, 4) is 32.6 Å². The fraction of sp³-hybridized carbons (Fsp3) is 0. The minimum Gasteiger partial charge on any atom is -0.822 e. The average molecular weight is 364 g/mol. The zero-order chi connectivity index (χ0) is 17.2. The molecule has 2 nitrogen and oxygen atoms in total. The maximum absolute atomic E-state index is 13.2. The van der Waals surface area contributed by atoms with E-state index in [4.69, 9.17) is 11.6 Å². The molecule has 0 aliphatic heterocycles. The van der Waals surface area contributed by atoms with Crippen LogP contribution in [0.3, 0.4) is 0 Å². The van der Waals surface area contributed by atoms with Crippen LogP contribution >= 0.6 is 22.9 Å². The van der Waals surface area contributed by atoms with E-state index in [0.29, 0.717) is 9.90 Å². The van der Waals surface area contributed by atoms with E-state index in [0.717, 1.165) is 21.8 Å². The molecule has 122 valence electrons. The van der Waals surface area contributed by atoms with Gasteiger partial charge >= 0.3 is 0 Å². The van der Waals surface area contributed by atoms with Gasteiger partial charge in [0.2, 0.25) is 5.69 Å². The molecule has 0 radical (unpaired) electrons. The highest BCUT2D eigenvalue weighted by Gasteiger charge is 2.25. The van der Waals surface area contributed by atoms with Crippen LogP contribution in [0, 0.1) is 0 Å². The standard InChI is InChI=1S/C21H14ClNOS/c22-18-14-8-7-13-17(18)19-20(24)23(16-11-5-2-6-12-16)21(25-19)15-9-3-1-4-10-15/h1-14H. The molecule has 25 heavy (non-hydrogen) atoms. The van der Waals surface area contributed by atoms with Crippen LogP contribution in [0.25, 0.3) is 26.7 Å². The molecule has 0 saturated heterocycles. The molecule has 0 spiro atoms. The average Bonchev–Trinajstić information content (AvgIpc) is 3.01. The fourth-order valence-electron chi connectivity index (χ4n) is 2.78. The molecule has 4 heteroatoms. The predicted molar refractivity (Wildman–Crippen MR) is 101 cm³/mol. The van der Waals surface area contributed by atoms with E-state index < -0.39 is 0 Å². The molecule has 1 aromatic heterocycles. The van der Waals surface area contributed by atoms with Gasteiger partial charge in [0.1, 0.15) is 4.88 Å². The van der Waals surface area contributed by atoms with E-state index in [2.05, 4.69) is 0 Å². The summed E-state index contributed by atoms with van der Waals surface area (Å²) in [7, 11) is 0. The normalized spacial score (nSPS) is 10.8. The minimum atomic E-state index is -0.0526. The Morgan fingerprint density at radius 2 is 1.36 bits per heavy atom. The number of rotatable bonds is 3. The summed E-state index contributed by atoms with van der Waals surface area (Å²) >= 11 is 7.81. The number of hydrogen-bond donors (Lipinski definition) is 0. The van der Waals surface area contributed by atoms with Gasteiger partial charge in [0.15, 0.2) is 5.88 Å². The first-order valence-corrected chi connectivity index (χ1v) is 9.07. The van der Waals surface area contributed by atoms with Gasteiger partial charge in [-0.05, 0) is 18.2 Å². The molecule has 0 unspecified atom stereocenters. The molecule has 0 bridgehead atoms. The Bertz CT molecular complexity index is 1010. The van der Waals surface area contributed by atoms with Gasteiger partial charge in [-0.3, -0.25) is 0 Å². The molecule has 3 aromatic carbocycles. The van der Waals surface area contributed by atoms with Crippen LogP contribution in [0.4, 0.5) is 0 Å². The molecule has 0 aliphatic carbocycles. The number of thiazole rings is 1. The van der Waals surface area contributed by atoms with Crippen molar-refractivity contribution in [3.05, 3.63) is 90.0 Å². The number of nitrogens with zero attached hydrogens (tertiary/aromatic N) is 1. The van der Waals surface area contributed by atoms with Crippen molar-refractivity contribution in [2.75, 3.05) is 0 Å². The number of halogens is 1. The third kappa shape index (κ3) is 2.93. The Morgan fingerprint density at radius 1 is 0.760 bits per heavy atom. The summed E-state index contributed by atoms with van der Waals surface area (Å²) in [5.41, 5.74) is 2.62. The topological polar surface area (TPSA) is 26.9 Å². The summed E-state index contributed by atoms with van der Waals surface area (Å²) in [5.74, 6) is -0.0526. The maximum atomic E-state index is 13.2. The molecule has 0 fully saturated rings. The van der Waals surface area contributed by atoms with E-state index in [-0.39, 0.29) is 5.88 Å². The summed E-state index contributed by atoms with van der Waals surface area (Å²) in [6.45, 7) is 0. The van der Waals surface area contributed by atoms with Gasteiger partial charge in [0.05, 0.1) is 5.56 Å². The molecule has 1 heterocycles. The van der Waals surface area contributed by atoms with Gasteiger partial charge in [-0.1, -0.05) is 77.5 Å². The highest BCUT2D eigenvalue weighted by Crippen LogP contribution is 2.40. The van der Waals surface area contributed by atoms with Crippen LogP contribution < -0.4 is 9.67 Å². The van der Waals surface area contributed by atoms with Crippen LogP contribution in [0.2, 0.25) is 5.02 Å². The first kappa shape index (κ1) is 15.9. The van der Waals surface area contributed by atoms with E-state index >= 15 is 0 Å². The molecule has 0 N–H and O–H groups in total. The summed E-state index contributed by atoms with van der Waals surface area (Å²) in [6.07, 6.45) is 0. The van der Waals surface area contributed by atoms with Crippen LogP contribution in [-0.2, 0) is 0 Å². The van der Waals surface area contributed by atoms with E-state index in [1.54, 1.807) is 4.57 Å². The fourth-order valence-corrected chi connectivity index (χ4v) is 4.26. The van der Waals surface area contributed by atoms with Crippen LogP contribution in [0.15, 0.2) is 84.9 Å². The van der Waals surface area contributed by atoms with Gasteiger partial charge < -0.3 is 5.11 Å². The molecular weight excluding hydrogens is 350 g/mol. The van der Waals surface area contributed by atoms with Crippen LogP contribution in [0.5, 0.6) is 5.88 Å². The van der Waals surface area contributed by atoms with Crippen LogP contribution in [-0.4, -0.2) is 0 Å². The van der Waals surface area contributed by atoms with Gasteiger partial charge in [-0.2, -0.15) is 4.57 Å². The monoisotopic (exact) mass is 363 g/mol. The van der Waals surface area contributed by atoms with Crippen molar-refractivity contribution in [2.24, 2.45) is 0 Å². The highest BCUT2D eigenvalue weighted by molar-refractivity contribution is 7.18. The number of hydrogen-bond acceptors (Lipinski definition) is 2. The van der Waals surface area contributed by atoms with Gasteiger partial charge in [-0.25, -0.2) is 0 Å². The molecular formula is C21H14ClNOS. The highest BCUT2D eigenvalue weighted by atomic mass is 35.5. The lowest BCUT2D eigenvalue weighted by Crippen LogP contribution is -2.34. The third-order valence-electron chi connectivity index (χ3n) is 3.95. The number of aromatic nitrogens is 1. The maximum Gasteiger partial charge on any atom is 0.274 e. The second-order valence-corrected chi connectivity index (χ2v) is 6.96. The van der Waals surface area contributed by atoms with Gasteiger partial charge in [0, 0.05) is 22.7 Å². The van der Waals surface area contributed by atoms with Crippen molar-refractivity contribution >= 4 is 22.9 Å². The van der Waals surface area contributed by atoms with Crippen LogP contribution in [0.1, 0.15) is 0 Å². The Labute approximate surface area is 155 Å². The Kier molecular flexibility index (Phi) is 4.26. The Morgan fingerprint density at radius 3 is 2.04 bits per heavy atom. The first-order valence-electron chi connectivity index (χ1n) is 7.87. The second-order valence-electron chi connectivity index (χ2n) is 5.56. The summed E-state index contributed by atoms with van der Waals surface area (Å²) < 4.78 is 1.76. The zero-order valence-electron chi connectivity index (χ0n) is 13.2. The van der Waals surface area contributed by atoms with Gasteiger partial charge in [0.25, 0.3) is 5.01 Å². The first-order chi connectivity index (χ1) is 12.3. The van der Waals surface area contributed by atoms with E-state index in [1.807, 2.05) is 84.9 Å². The lowest BCUT2D eigenvalue weighted by Gasteiger charge is -2.06.